The molecule has 0 aromatic carbocycles. The molecule has 0 saturated carbocycles. The number of esters is 1. The zero-order chi connectivity index (χ0) is 19.8. The van der Waals surface area contributed by atoms with Crippen LogP contribution in [-0.2, 0) is 18.4 Å². The normalized spacial score (nSPS) is 26.5. The molecule has 0 radical (unpaired) electrons. The highest BCUT2D eigenvalue weighted by atomic mass is 28.4. The van der Waals surface area contributed by atoms with Gasteiger partial charge in [0.2, 0.25) is 0 Å². The van der Waals surface area contributed by atoms with E-state index in [1.54, 1.807) is 0 Å². The van der Waals surface area contributed by atoms with Crippen molar-refractivity contribution in [1.82, 2.24) is 0 Å². The van der Waals surface area contributed by atoms with Gasteiger partial charge in [0.25, 0.3) is 0 Å². The van der Waals surface area contributed by atoms with Crippen LogP contribution in [0.25, 0.3) is 0 Å². The molecule has 1 heterocycles. The lowest BCUT2D eigenvalue weighted by atomic mass is 9.93. The highest BCUT2D eigenvalue weighted by molar-refractivity contribution is 6.74. The topological polar surface area (TPSA) is 44.8 Å². The van der Waals surface area contributed by atoms with Gasteiger partial charge in [0, 0.05) is 5.92 Å². The third-order valence-electron chi connectivity index (χ3n) is 6.49. The minimum Gasteiger partial charge on any atom is -0.459 e. The summed E-state index contributed by atoms with van der Waals surface area (Å²) in [6.45, 7) is 24.9. The predicted molar refractivity (Wildman–Crippen MR) is 109 cm³/mol. The second-order valence-electron chi connectivity index (χ2n) is 10.6. The maximum Gasteiger partial charge on any atom is 0.308 e. The van der Waals surface area contributed by atoms with E-state index in [0.29, 0.717) is 13.0 Å². The monoisotopic (exact) mass is 388 g/mol. The van der Waals surface area contributed by atoms with Crippen LogP contribution in [0, 0.1) is 5.92 Å². The van der Waals surface area contributed by atoms with Crippen molar-refractivity contribution in [2.45, 2.75) is 103 Å². The summed E-state index contributed by atoms with van der Waals surface area (Å²) in [5.74, 6) is -0.0118. The Bertz CT molecular complexity index is 475. The third kappa shape index (κ3) is 5.65. The molecule has 0 N–H and O–H groups in total. The molecular formula is C19H40O4Si2. The molecule has 3 atom stereocenters. The summed E-state index contributed by atoms with van der Waals surface area (Å²) in [6, 6.07) is 0. The highest BCUT2D eigenvalue weighted by Gasteiger charge is 2.45. The van der Waals surface area contributed by atoms with Gasteiger partial charge in [0.15, 0.2) is 16.6 Å². The van der Waals surface area contributed by atoms with Gasteiger partial charge in [-0.2, -0.15) is 0 Å². The number of carbonyl (C=O) groups excluding carboxylic acids is 1. The first-order chi connectivity index (χ1) is 11.0. The molecule has 1 aliphatic rings. The molecule has 0 aliphatic carbocycles. The van der Waals surface area contributed by atoms with Crippen LogP contribution in [0.1, 0.15) is 54.9 Å². The third-order valence-corrected chi connectivity index (χ3v) is 15.5. The van der Waals surface area contributed by atoms with E-state index in [2.05, 4.69) is 74.7 Å². The molecule has 0 aromatic heterocycles. The van der Waals surface area contributed by atoms with Crippen molar-refractivity contribution in [2.24, 2.45) is 5.92 Å². The maximum atomic E-state index is 12.2. The summed E-state index contributed by atoms with van der Waals surface area (Å²) < 4.78 is 18.5. The Morgan fingerprint density at radius 2 is 1.48 bits per heavy atom. The lowest BCUT2D eigenvalue weighted by Crippen LogP contribution is -2.52. The van der Waals surface area contributed by atoms with Gasteiger partial charge in [-0.1, -0.05) is 48.5 Å². The molecule has 1 rings (SSSR count). The summed E-state index contributed by atoms with van der Waals surface area (Å²) in [6.07, 6.45) is 0.0601. The first-order valence-corrected chi connectivity index (χ1v) is 15.3. The summed E-state index contributed by atoms with van der Waals surface area (Å²) in [5.41, 5.74) is 0. The van der Waals surface area contributed by atoms with E-state index in [1.165, 1.54) is 0 Å². The largest absolute Gasteiger partial charge is 0.459 e. The van der Waals surface area contributed by atoms with Gasteiger partial charge in [-0.25, -0.2) is 0 Å². The molecule has 0 aromatic rings. The summed E-state index contributed by atoms with van der Waals surface area (Å²) in [7, 11) is -3.79. The predicted octanol–water partition coefficient (Wildman–Crippen LogP) is 5.35. The Morgan fingerprint density at radius 1 is 1.00 bits per heavy atom. The van der Waals surface area contributed by atoms with Crippen LogP contribution >= 0.6 is 0 Å². The van der Waals surface area contributed by atoms with Crippen molar-refractivity contribution < 1.29 is 18.4 Å². The zero-order valence-electron chi connectivity index (χ0n) is 18.3. The van der Waals surface area contributed by atoms with E-state index >= 15 is 0 Å². The van der Waals surface area contributed by atoms with Gasteiger partial charge in [-0.05, 0) is 36.3 Å². The van der Waals surface area contributed by atoms with E-state index in [4.69, 9.17) is 13.6 Å². The Hall–Kier alpha value is -0.176. The molecule has 1 fully saturated rings. The Morgan fingerprint density at radius 3 is 1.92 bits per heavy atom. The molecule has 1 saturated heterocycles. The van der Waals surface area contributed by atoms with Crippen LogP contribution in [0.15, 0.2) is 0 Å². The number of hydrogen-bond acceptors (Lipinski definition) is 4. The van der Waals surface area contributed by atoms with E-state index in [1.807, 2.05) is 0 Å². The van der Waals surface area contributed by atoms with Gasteiger partial charge >= 0.3 is 5.97 Å². The molecule has 1 aliphatic heterocycles. The summed E-state index contributed by atoms with van der Waals surface area (Å²) >= 11 is 0. The molecule has 0 unspecified atom stereocenters. The second-order valence-corrected chi connectivity index (χ2v) is 20.1. The van der Waals surface area contributed by atoms with Crippen molar-refractivity contribution in [2.75, 3.05) is 6.61 Å². The lowest BCUT2D eigenvalue weighted by molar-refractivity contribution is -0.169. The number of rotatable bonds is 5. The fraction of sp³-hybridized carbons (Fsp3) is 0.947. The maximum absolute atomic E-state index is 12.2. The van der Waals surface area contributed by atoms with Crippen LogP contribution in [-0.4, -0.2) is 41.4 Å². The average Bonchev–Trinajstić information content (AvgIpc) is 2.38. The fourth-order valence-corrected chi connectivity index (χ4v) is 4.73. The Labute approximate surface area is 157 Å². The molecular weight excluding hydrogens is 348 g/mol. The second kappa shape index (κ2) is 7.45. The number of ether oxygens (including phenoxy) is 1. The first-order valence-electron chi connectivity index (χ1n) is 9.49. The molecule has 4 nitrogen and oxygen atoms in total. The molecule has 6 heteroatoms. The van der Waals surface area contributed by atoms with E-state index in [0.717, 1.165) is 0 Å². The van der Waals surface area contributed by atoms with Gasteiger partial charge in [0.05, 0.1) is 19.1 Å². The van der Waals surface area contributed by atoms with Crippen molar-refractivity contribution in [1.29, 1.82) is 0 Å². The van der Waals surface area contributed by atoms with Gasteiger partial charge in [0.1, 0.15) is 6.10 Å². The van der Waals surface area contributed by atoms with E-state index in [-0.39, 0.29) is 34.2 Å². The minimum atomic E-state index is -1.92. The SMILES string of the molecule is C[C@@H]1[C@@H](CO[Si](C)(C)C(C)(C)C)OC(=O)C[C@H]1O[Si](C)(C)C(C)(C)C. The minimum absolute atomic E-state index is 0.0739. The van der Waals surface area contributed by atoms with Crippen molar-refractivity contribution in [3.63, 3.8) is 0 Å². The molecule has 0 spiro atoms. The van der Waals surface area contributed by atoms with Crippen molar-refractivity contribution in [3.05, 3.63) is 0 Å². The average molecular weight is 389 g/mol. The van der Waals surface area contributed by atoms with Crippen LogP contribution < -0.4 is 0 Å². The zero-order valence-corrected chi connectivity index (χ0v) is 20.3. The molecule has 148 valence electrons. The number of carbonyl (C=O) groups is 1. The fourth-order valence-electron chi connectivity index (χ4n) is 2.31. The van der Waals surface area contributed by atoms with Gasteiger partial charge in [-0.3, -0.25) is 4.79 Å². The number of hydrogen-bond donors (Lipinski definition) is 0. The highest BCUT2D eigenvalue weighted by Crippen LogP contribution is 2.40. The molecule has 0 amide bonds. The lowest BCUT2D eigenvalue weighted by Gasteiger charge is -2.44. The van der Waals surface area contributed by atoms with E-state index in [9.17, 15) is 4.79 Å². The van der Waals surface area contributed by atoms with Crippen LogP contribution in [0.2, 0.25) is 36.3 Å². The molecule has 25 heavy (non-hydrogen) atoms. The van der Waals surface area contributed by atoms with Gasteiger partial charge in [-0.15, -0.1) is 0 Å². The smallest absolute Gasteiger partial charge is 0.308 e. The molecule has 0 bridgehead atoms. The van der Waals surface area contributed by atoms with Crippen LogP contribution in [0.4, 0.5) is 0 Å². The quantitative estimate of drug-likeness (QED) is 0.470. The van der Waals surface area contributed by atoms with E-state index < -0.39 is 16.6 Å². The Kier molecular flexibility index (Phi) is 6.81. The standard InChI is InChI=1S/C19H40O4Si2/c1-14-15(23-25(10,11)19(5,6)7)12-17(20)22-16(14)13-21-24(8,9)18(2,3)4/h14-16H,12-13H2,1-11H3/t14-,15+,16+/m0/s1. The van der Waals surface area contributed by atoms with Crippen LogP contribution in [0.3, 0.4) is 0 Å². The Balaban J connectivity index is 2.83. The van der Waals surface area contributed by atoms with Crippen molar-refractivity contribution >= 4 is 22.6 Å². The summed E-state index contributed by atoms with van der Waals surface area (Å²) in [4.78, 5) is 12.2. The first kappa shape index (κ1) is 22.9. The van der Waals surface area contributed by atoms with Crippen LogP contribution in [0.5, 0.6) is 0 Å². The van der Waals surface area contributed by atoms with Gasteiger partial charge < -0.3 is 13.6 Å². The summed E-state index contributed by atoms with van der Waals surface area (Å²) in [5, 5.41) is 0.271. The number of cyclic esters (lactones) is 1. The van der Waals surface area contributed by atoms with Crippen molar-refractivity contribution in [3.8, 4) is 0 Å².